The Bertz CT molecular complexity index is 1280. The summed E-state index contributed by atoms with van der Waals surface area (Å²) in [4.78, 5) is 18.2. The first-order valence-corrected chi connectivity index (χ1v) is 12.6. The standard InChI is InChI=1S/C13H4F9IN2OS.C4H2F3IN2S/c14-11(15,16)5-1-4(2-6(3-5)12(17,18)19)9(26)25-10-24-7(8(23)27-10)13(20,21)22;5-4(6,7)1-2(8)11-3(9)10-1/h1-3H,(H,24,25,26);(H2,9,10). The minimum Gasteiger partial charge on any atom is -0.375 e. The Kier molecular flexibility index (Phi) is 9.83. The maximum Gasteiger partial charge on any atom is 0.435 e. The lowest BCUT2D eigenvalue weighted by molar-refractivity contribution is -0.143. The second-order valence-corrected chi connectivity index (χ2v) is 12.2. The van der Waals surface area contributed by atoms with Gasteiger partial charge in [0, 0.05) is 5.56 Å². The Labute approximate surface area is 238 Å². The number of thiazole rings is 2. The molecular formula is C17H6F12I2N4OS2. The zero-order valence-electron chi connectivity index (χ0n) is 17.2. The largest absolute Gasteiger partial charge is 0.435 e. The maximum absolute atomic E-state index is 12.8. The highest BCUT2D eigenvalue weighted by Gasteiger charge is 2.39. The van der Waals surface area contributed by atoms with E-state index in [2.05, 4.69) is 9.97 Å². The molecule has 0 spiro atoms. The van der Waals surface area contributed by atoms with Crippen molar-refractivity contribution < 1.29 is 57.5 Å². The Morgan fingerprint density at radius 1 is 0.711 bits per heavy atom. The van der Waals surface area contributed by atoms with Crippen molar-refractivity contribution in [3.05, 3.63) is 52.0 Å². The molecule has 0 unspecified atom stereocenters. The lowest BCUT2D eigenvalue weighted by Gasteiger charge is -2.13. The first-order chi connectivity index (χ1) is 17.0. The highest BCUT2D eigenvalue weighted by Crippen LogP contribution is 2.39. The molecule has 3 aromatic rings. The summed E-state index contributed by atoms with van der Waals surface area (Å²) >= 11 is 4.04. The molecule has 0 aliphatic heterocycles. The van der Waals surface area contributed by atoms with E-state index in [9.17, 15) is 57.5 Å². The van der Waals surface area contributed by atoms with Crippen LogP contribution in [0.2, 0.25) is 0 Å². The molecule has 2 aromatic heterocycles. The molecule has 210 valence electrons. The Morgan fingerprint density at radius 3 is 1.45 bits per heavy atom. The Balaban J connectivity index is 0.000000384. The molecule has 0 saturated heterocycles. The van der Waals surface area contributed by atoms with Gasteiger partial charge in [-0.15, -0.1) is 0 Å². The van der Waals surface area contributed by atoms with Crippen molar-refractivity contribution in [3.63, 3.8) is 0 Å². The minimum absolute atomic E-state index is 0.0540. The molecule has 0 aliphatic rings. The molecule has 0 saturated carbocycles. The van der Waals surface area contributed by atoms with Crippen LogP contribution in [-0.4, -0.2) is 15.9 Å². The number of anilines is 2. The summed E-state index contributed by atoms with van der Waals surface area (Å²) in [5.41, 5.74) is -1.63. The number of nitrogens with zero attached hydrogens (tertiary/aromatic N) is 2. The molecule has 1 aromatic carbocycles. The van der Waals surface area contributed by atoms with Gasteiger partial charge in [0.1, 0.15) is 0 Å². The number of carbonyl (C=O) groups excluding carboxylic acids is 1. The van der Waals surface area contributed by atoms with Gasteiger partial charge < -0.3 is 5.73 Å². The van der Waals surface area contributed by atoms with E-state index in [4.69, 9.17) is 5.73 Å². The number of amides is 1. The molecule has 0 aliphatic carbocycles. The molecule has 0 radical (unpaired) electrons. The fraction of sp³-hybridized carbons (Fsp3) is 0.235. The maximum atomic E-state index is 12.8. The van der Waals surface area contributed by atoms with E-state index >= 15 is 0 Å². The number of aromatic nitrogens is 2. The van der Waals surface area contributed by atoms with Crippen LogP contribution in [0.25, 0.3) is 0 Å². The first kappa shape index (κ1) is 32.6. The van der Waals surface area contributed by atoms with Crippen LogP contribution in [0, 0.1) is 5.77 Å². The van der Waals surface area contributed by atoms with Crippen LogP contribution in [0.5, 0.6) is 0 Å². The number of carbonyl (C=O) groups is 1. The Hall–Kier alpha value is -1.63. The monoisotopic (exact) mass is 828 g/mol. The van der Waals surface area contributed by atoms with Gasteiger partial charge in [0.25, 0.3) is 5.91 Å². The summed E-state index contributed by atoms with van der Waals surface area (Å²) in [6.45, 7) is 0. The molecule has 21 heteroatoms. The number of nitrogens with two attached hydrogens (primary N) is 1. The van der Waals surface area contributed by atoms with Gasteiger partial charge in [0.05, 0.1) is 16.9 Å². The summed E-state index contributed by atoms with van der Waals surface area (Å²) in [5.74, 6) is -1.47. The molecule has 5 nitrogen and oxygen atoms in total. The molecule has 0 atom stereocenters. The van der Waals surface area contributed by atoms with Crippen molar-refractivity contribution in [2.45, 2.75) is 24.7 Å². The number of nitrogens with one attached hydrogen (secondary N) is 1. The highest BCUT2D eigenvalue weighted by atomic mass is 127. The predicted molar refractivity (Wildman–Crippen MR) is 128 cm³/mol. The van der Waals surface area contributed by atoms with Gasteiger partial charge in [-0.25, -0.2) is 9.97 Å². The molecular weight excluding hydrogens is 822 g/mol. The topological polar surface area (TPSA) is 80.9 Å². The molecule has 38 heavy (non-hydrogen) atoms. The summed E-state index contributed by atoms with van der Waals surface area (Å²) in [6, 6.07) is 0.145. The lowest BCUT2D eigenvalue weighted by atomic mass is 10.0. The van der Waals surface area contributed by atoms with Crippen molar-refractivity contribution in [1.29, 1.82) is 0 Å². The third kappa shape index (κ3) is 8.69. The third-order valence-corrected chi connectivity index (χ3v) is 7.57. The summed E-state index contributed by atoms with van der Waals surface area (Å²) in [7, 11) is 0. The fourth-order valence-electron chi connectivity index (χ4n) is 2.28. The molecule has 3 N–H and O–H groups in total. The number of rotatable bonds is 2. The van der Waals surface area contributed by atoms with Gasteiger partial charge in [-0.1, -0.05) is 22.7 Å². The minimum atomic E-state index is -5.17. The van der Waals surface area contributed by atoms with E-state index in [0.29, 0.717) is 11.3 Å². The average Bonchev–Trinajstić information content (AvgIpc) is 3.27. The smallest absolute Gasteiger partial charge is 0.375 e. The number of hydrogen-bond acceptors (Lipinski definition) is 6. The van der Waals surface area contributed by atoms with E-state index in [1.165, 1.54) is 22.6 Å². The highest BCUT2D eigenvalue weighted by molar-refractivity contribution is 14.1. The summed E-state index contributed by atoms with van der Waals surface area (Å²) in [6.07, 6.45) is -19.6. The molecule has 3 rings (SSSR count). The normalized spacial score (nSPS) is 12.7. The van der Waals surface area contributed by atoms with Crippen LogP contribution >= 0.6 is 67.9 Å². The average molecular weight is 828 g/mol. The van der Waals surface area contributed by atoms with Crippen molar-refractivity contribution in [3.8, 4) is 0 Å². The van der Waals surface area contributed by atoms with Crippen LogP contribution in [0.3, 0.4) is 0 Å². The van der Waals surface area contributed by atoms with Gasteiger partial charge in [-0.2, -0.15) is 52.7 Å². The summed E-state index contributed by atoms with van der Waals surface area (Å²) < 4.78 is 150. The van der Waals surface area contributed by atoms with Crippen molar-refractivity contribution in [2.75, 3.05) is 11.1 Å². The zero-order valence-corrected chi connectivity index (χ0v) is 23.2. The van der Waals surface area contributed by atoms with Gasteiger partial charge in [0.2, 0.25) is 0 Å². The van der Waals surface area contributed by atoms with E-state index in [0.717, 1.165) is 11.3 Å². The number of nitrogen functional groups attached to an aromatic ring is 1. The molecule has 0 fully saturated rings. The van der Waals surface area contributed by atoms with Crippen LogP contribution in [0.4, 0.5) is 62.9 Å². The van der Waals surface area contributed by atoms with Crippen LogP contribution in [0.15, 0.2) is 18.2 Å². The van der Waals surface area contributed by atoms with Crippen LogP contribution in [0.1, 0.15) is 32.9 Å². The van der Waals surface area contributed by atoms with E-state index in [1.54, 1.807) is 27.9 Å². The summed E-state index contributed by atoms with van der Waals surface area (Å²) in [5, 5.41) is 1.10. The van der Waals surface area contributed by atoms with Gasteiger partial charge in [-0.05, 0) is 63.4 Å². The van der Waals surface area contributed by atoms with Crippen molar-refractivity contribution >= 4 is 84.0 Å². The van der Waals surface area contributed by atoms with Crippen LogP contribution < -0.4 is 11.1 Å². The third-order valence-electron chi connectivity index (χ3n) is 3.80. The number of hydrogen-bond donors (Lipinski definition) is 2. The fourth-order valence-corrected chi connectivity index (χ4v) is 5.72. The SMILES string of the molecule is Nc1nc(C(F)(F)F)c(I)s1.O=C(Nc1nc(C(F)(F)F)c(I)s1)c1cc(C(F)(F)F)cc(C(F)(F)F)c1. The van der Waals surface area contributed by atoms with E-state index in [-0.39, 0.29) is 29.1 Å². The van der Waals surface area contributed by atoms with E-state index < -0.39 is 63.8 Å². The number of benzene rings is 1. The second kappa shape index (κ2) is 11.5. The van der Waals surface area contributed by atoms with Gasteiger partial charge in [-0.3, -0.25) is 10.1 Å². The second-order valence-electron chi connectivity index (χ2n) is 6.56. The lowest BCUT2D eigenvalue weighted by Crippen LogP contribution is -2.17. The van der Waals surface area contributed by atoms with Gasteiger partial charge in [0.15, 0.2) is 21.7 Å². The Morgan fingerprint density at radius 2 is 1.13 bits per heavy atom. The quantitative estimate of drug-likeness (QED) is 0.201. The number of halogens is 14. The van der Waals surface area contributed by atoms with Crippen LogP contribution in [-0.2, 0) is 24.7 Å². The van der Waals surface area contributed by atoms with Gasteiger partial charge >= 0.3 is 24.7 Å². The van der Waals surface area contributed by atoms with Crippen molar-refractivity contribution in [1.82, 2.24) is 9.97 Å². The first-order valence-electron chi connectivity index (χ1n) is 8.83. The number of alkyl halides is 12. The zero-order chi connectivity index (χ0) is 29.4. The van der Waals surface area contributed by atoms with Crippen molar-refractivity contribution in [2.24, 2.45) is 0 Å². The molecule has 2 heterocycles. The molecule has 1 amide bonds. The predicted octanol–water partition coefficient (Wildman–Crippen LogP) is 8.41. The molecule has 0 bridgehead atoms. The van der Waals surface area contributed by atoms with E-state index in [1.807, 2.05) is 0 Å².